The van der Waals surface area contributed by atoms with Crippen LogP contribution in [-0.4, -0.2) is 22.4 Å². The van der Waals surface area contributed by atoms with Crippen LogP contribution in [0.1, 0.15) is 26.7 Å². The van der Waals surface area contributed by atoms with E-state index in [1.165, 1.54) is 11.5 Å². The van der Waals surface area contributed by atoms with E-state index in [-0.39, 0.29) is 6.04 Å². The van der Waals surface area contributed by atoms with E-state index >= 15 is 0 Å². The molecule has 0 radical (unpaired) electrons. The van der Waals surface area contributed by atoms with Gasteiger partial charge >= 0.3 is 0 Å². The van der Waals surface area contributed by atoms with Crippen molar-refractivity contribution >= 4 is 0 Å². The van der Waals surface area contributed by atoms with Gasteiger partial charge in [-0.2, -0.15) is 0 Å². The van der Waals surface area contributed by atoms with Gasteiger partial charge in [-0.15, -0.1) is 0 Å². The van der Waals surface area contributed by atoms with E-state index in [4.69, 9.17) is 5.73 Å². The summed E-state index contributed by atoms with van der Waals surface area (Å²) in [5, 5.41) is 11.1. The van der Waals surface area contributed by atoms with Crippen LogP contribution in [0, 0.1) is 11.8 Å². The number of fused-ring (bicyclic) bond motifs is 1. The zero-order chi connectivity index (χ0) is 9.59. The highest BCUT2D eigenvalue weighted by atomic mass is 16.5. The van der Waals surface area contributed by atoms with Crippen molar-refractivity contribution in [3.8, 4) is 0 Å². The molecule has 1 saturated heterocycles. The van der Waals surface area contributed by atoms with E-state index < -0.39 is 0 Å². The van der Waals surface area contributed by atoms with Gasteiger partial charge in [-0.1, -0.05) is 6.92 Å². The van der Waals surface area contributed by atoms with Crippen molar-refractivity contribution in [1.29, 1.82) is 0 Å². The van der Waals surface area contributed by atoms with Gasteiger partial charge in [0.15, 0.2) is 0 Å². The second-order valence-electron chi connectivity index (χ2n) is 4.55. The van der Waals surface area contributed by atoms with Gasteiger partial charge in [-0.05, 0) is 31.8 Å². The first-order valence-corrected chi connectivity index (χ1v) is 5.05. The van der Waals surface area contributed by atoms with E-state index in [2.05, 4.69) is 6.92 Å². The van der Waals surface area contributed by atoms with E-state index in [0.717, 1.165) is 18.0 Å². The maximum Gasteiger partial charge on any atom is 0.0645 e. The molecule has 3 nitrogen and oxygen atoms in total. The minimum absolute atomic E-state index is 0.0431. The van der Waals surface area contributed by atoms with Gasteiger partial charge in [0.2, 0.25) is 0 Å². The van der Waals surface area contributed by atoms with Gasteiger partial charge in [0.25, 0.3) is 0 Å². The zero-order valence-electron chi connectivity index (χ0n) is 8.27. The molecule has 3 heteroatoms. The van der Waals surface area contributed by atoms with Crippen LogP contribution in [0.15, 0.2) is 11.8 Å². The Morgan fingerprint density at radius 2 is 2.31 bits per heavy atom. The molecule has 3 N–H and O–H groups in total. The highest BCUT2D eigenvalue weighted by molar-refractivity contribution is 5.22. The van der Waals surface area contributed by atoms with E-state index in [9.17, 15) is 5.21 Å². The average molecular weight is 182 g/mol. The molecule has 13 heavy (non-hydrogen) atoms. The predicted molar refractivity (Wildman–Crippen MR) is 51.0 cm³/mol. The summed E-state index contributed by atoms with van der Waals surface area (Å²) in [5.74, 6) is 1.31. The topological polar surface area (TPSA) is 49.5 Å². The average Bonchev–Trinajstić information content (AvgIpc) is 2.40. The smallest absolute Gasteiger partial charge is 0.0645 e. The molecule has 1 heterocycles. The van der Waals surface area contributed by atoms with Crippen LogP contribution in [0.3, 0.4) is 0 Å². The molecule has 0 aromatic heterocycles. The number of hydroxylamine groups is 2. The number of hydrogen-bond donors (Lipinski definition) is 2. The summed E-state index contributed by atoms with van der Waals surface area (Å²) in [6.07, 6.45) is 4.30. The summed E-state index contributed by atoms with van der Waals surface area (Å²) in [6.45, 7) is 4.18. The third-order valence-electron chi connectivity index (χ3n) is 3.16. The Balaban J connectivity index is 2.09. The van der Waals surface area contributed by atoms with Crippen molar-refractivity contribution in [2.75, 3.05) is 0 Å². The minimum Gasteiger partial charge on any atom is -0.325 e. The van der Waals surface area contributed by atoms with Crippen molar-refractivity contribution in [1.82, 2.24) is 5.06 Å². The highest BCUT2D eigenvalue weighted by Gasteiger charge is 2.48. The van der Waals surface area contributed by atoms with Crippen LogP contribution in [-0.2, 0) is 0 Å². The van der Waals surface area contributed by atoms with Crippen LogP contribution in [0.25, 0.3) is 0 Å². The summed E-state index contributed by atoms with van der Waals surface area (Å²) in [6, 6.07) is 0.418. The van der Waals surface area contributed by atoms with Gasteiger partial charge in [0, 0.05) is 17.7 Å². The largest absolute Gasteiger partial charge is 0.325 e. The lowest BCUT2D eigenvalue weighted by Gasteiger charge is -2.44. The molecule has 74 valence electrons. The zero-order valence-corrected chi connectivity index (χ0v) is 8.27. The molecule has 0 bridgehead atoms. The summed E-state index contributed by atoms with van der Waals surface area (Å²) in [4.78, 5) is 0. The Morgan fingerprint density at radius 1 is 1.62 bits per heavy atom. The van der Waals surface area contributed by atoms with Gasteiger partial charge < -0.3 is 5.73 Å². The van der Waals surface area contributed by atoms with Crippen LogP contribution in [0.4, 0.5) is 0 Å². The normalized spacial score (nSPS) is 43.2. The first kappa shape index (κ1) is 9.03. The first-order chi connectivity index (χ1) is 6.09. The second kappa shape index (κ2) is 3.00. The van der Waals surface area contributed by atoms with Gasteiger partial charge in [0.05, 0.1) is 6.04 Å². The molecule has 0 aromatic rings. The molecule has 1 saturated carbocycles. The van der Waals surface area contributed by atoms with Gasteiger partial charge in [-0.3, -0.25) is 10.3 Å². The number of rotatable bonds is 1. The van der Waals surface area contributed by atoms with Crippen molar-refractivity contribution in [2.45, 2.75) is 38.8 Å². The Morgan fingerprint density at radius 3 is 2.92 bits per heavy atom. The van der Waals surface area contributed by atoms with Crippen LogP contribution in [0.5, 0.6) is 0 Å². The molecule has 0 aromatic carbocycles. The predicted octanol–water partition coefficient (Wildman–Crippen LogP) is 1.34. The summed E-state index contributed by atoms with van der Waals surface area (Å²) < 4.78 is 0. The van der Waals surface area contributed by atoms with Gasteiger partial charge in [0.1, 0.15) is 0 Å². The lowest BCUT2D eigenvalue weighted by Crippen LogP contribution is -2.49. The van der Waals surface area contributed by atoms with E-state index in [1.807, 2.05) is 13.0 Å². The molecule has 2 fully saturated rings. The van der Waals surface area contributed by atoms with Crippen molar-refractivity contribution in [3.05, 3.63) is 11.8 Å². The highest BCUT2D eigenvalue weighted by Crippen LogP contribution is 2.48. The standard InChI is InChI=1S/C10H18N2O/c1-6-3-8-9(4-6)12(13)10(8)5-7(2)11/h5-9,13H,3-4,11H2,1-2H3/b10-5+/t6-,7+,8?,9?/m1/s1. The fraction of sp³-hybridized carbons (Fsp3) is 0.800. The van der Waals surface area contributed by atoms with Gasteiger partial charge in [-0.25, -0.2) is 0 Å². The minimum atomic E-state index is 0.0431. The summed E-state index contributed by atoms with van der Waals surface area (Å²) in [5.41, 5.74) is 6.71. The van der Waals surface area contributed by atoms with E-state index in [1.54, 1.807) is 0 Å². The maximum absolute atomic E-state index is 9.65. The third-order valence-corrected chi connectivity index (χ3v) is 3.16. The molecule has 0 spiro atoms. The second-order valence-corrected chi connectivity index (χ2v) is 4.55. The molecule has 0 amide bonds. The fourth-order valence-corrected chi connectivity index (χ4v) is 2.60. The van der Waals surface area contributed by atoms with Crippen LogP contribution < -0.4 is 5.73 Å². The number of nitrogens with zero attached hydrogens (tertiary/aromatic N) is 1. The summed E-state index contributed by atoms with van der Waals surface area (Å²) in [7, 11) is 0. The number of nitrogens with two attached hydrogens (primary N) is 1. The molecular weight excluding hydrogens is 164 g/mol. The molecular formula is C10H18N2O. The number of hydrogen-bond acceptors (Lipinski definition) is 3. The Kier molecular flexibility index (Phi) is 2.08. The van der Waals surface area contributed by atoms with Crippen molar-refractivity contribution in [2.24, 2.45) is 17.6 Å². The monoisotopic (exact) mass is 182 g/mol. The molecule has 2 aliphatic rings. The first-order valence-electron chi connectivity index (χ1n) is 5.05. The lowest BCUT2D eigenvalue weighted by molar-refractivity contribution is -0.160. The quantitative estimate of drug-likeness (QED) is 0.643. The molecule has 1 aliphatic heterocycles. The van der Waals surface area contributed by atoms with Crippen LogP contribution in [0.2, 0.25) is 0 Å². The molecule has 1 aliphatic carbocycles. The fourth-order valence-electron chi connectivity index (χ4n) is 2.60. The molecule has 2 unspecified atom stereocenters. The Hall–Kier alpha value is -0.540. The van der Waals surface area contributed by atoms with Crippen LogP contribution >= 0.6 is 0 Å². The lowest BCUT2D eigenvalue weighted by atomic mass is 9.88. The summed E-state index contributed by atoms with van der Waals surface area (Å²) >= 11 is 0. The molecule has 4 atom stereocenters. The maximum atomic E-state index is 9.65. The van der Waals surface area contributed by atoms with E-state index in [0.29, 0.717) is 12.0 Å². The Bertz CT molecular complexity index is 237. The van der Waals surface area contributed by atoms with Crippen molar-refractivity contribution < 1.29 is 5.21 Å². The Labute approximate surface area is 79.2 Å². The van der Waals surface area contributed by atoms with Crippen molar-refractivity contribution in [3.63, 3.8) is 0 Å². The third kappa shape index (κ3) is 1.36. The SMILES string of the molecule is C[C@@H]1CC2/C(=C\[C@H](C)N)N(O)C2C1. The molecule has 2 rings (SSSR count).